The quantitative estimate of drug-likeness (QED) is 0.577. The predicted molar refractivity (Wildman–Crippen MR) is 78.4 cm³/mol. The average Bonchev–Trinajstić information content (AvgIpc) is 2.51. The zero-order valence-corrected chi connectivity index (χ0v) is 11.9. The summed E-state index contributed by atoms with van der Waals surface area (Å²) >= 11 is 0. The third-order valence-electron chi connectivity index (χ3n) is 2.54. The largest absolute Gasteiger partial charge is 0.460 e. The molecular formula is C15H20N2O4. The Balaban J connectivity index is 2.48. The van der Waals surface area contributed by atoms with E-state index in [2.05, 4.69) is 6.58 Å². The lowest BCUT2D eigenvalue weighted by Gasteiger charge is -2.20. The van der Waals surface area contributed by atoms with Gasteiger partial charge in [0.25, 0.3) is 0 Å². The third kappa shape index (κ3) is 6.58. The number of carbonyl (C=O) groups is 2. The highest BCUT2D eigenvalue weighted by atomic mass is 16.6. The molecule has 0 aliphatic rings. The Labute approximate surface area is 124 Å². The van der Waals surface area contributed by atoms with Crippen molar-refractivity contribution in [2.24, 2.45) is 5.73 Å². The van der Waals surface area contributed by atoms with Crippen LogP contribution in [0.2, 0.25) is 0 Å². The Morgan fingerprint density at radius 1 is 1.24 bits per heavy atom. The maximum atomic E-state index is 11.9. The normalized spacial score (nSPS) is 9.76. The van der Waals surface area contributed by atoms with E-state index in [0.29, 0.717) is 0 Å². The van der Waals surface area contributed by atoms with Crippen molar-refractivity contribution in [3.05, 3.63) is 48.6 Å². The minimum atomic E-state index is -0.597. The molecule has 0 saturated carbocycles. The van der Waals surface area contributed by atoms with Crippen LogP contribution < -0.4 is 5.73 Å². The summed E-state index contributed by atoms with van der Waals surface area (Å²) in [5, 5.41) is 0. The van der Waals surface area contributed by atoms with Crippen LogP contribution in [0.1, 0.15) is 5.56 Å². The summed E-state index contributed by atoms with van der Waals surface area (Å²) in [4.78, 5) is 24.7. The molecule has 1 aromatic carbocycles. The summed E-state index contributed by atoms with van der Waals surface area (Å²) in [5.41, 5.74) is 6.30. The number of nitrogens with two attached hydrogens (primary N) is 1. The molecule has 0 fully saturated rings. The number of carbonyl (C=O) groups excluding carboxylic acids is 2. The van der Waals surface area contributed by atoms with Gasteiger partial charge in [-0.1, -0.05) is 43.0 Å². The summed E-state index contributed by atoms with van der Waals surface area (Å²) in [6.07, 6.45) is 0.860. The lowest BCUT2D eigenvalue weighted by molar-refractivity contribution is -0.143. The van der Waals surface area contributed by atoms with Gasteiger partial charge in [-0.05, 0) is 5.56 Å². The lowest BCUT2D eigenvalue weighted by Crippen LogP contribution is -2.40. The lowest BCUT2D eigenvalue weighted by atomic mass is 10.2. The summed E-state index contributed by atoms with van der Waals surface area (Å²) in [5.74, 6) is -0.528. The minimum Gasteiger partial charge on any atom is -0.460 e. The summed E-state index contributed by atoms with van der Waals surface area (Å²) < 4.78 is 9.99. The Morgan fingerprint density at radius 3 is 2.57 bits per heavy atom. The Kier molecular flexibility index (Phi) is 7.60. The topological polar surface area (TPSA) is 81.9 Å². The van der Waals surface area contributed by atoms with Crippen molar-refractivity contribution in [1.29, 1.82) is 0 Å². The van der Waals surface area contributed by atoms with E-state index in [4.69, 9.17) is 15.2 Å². The summed E-state index contributed by atoms with van der Waals surface area (Å²) in [6.45, 7) is 3.95. The van der Waals surface area contributed by atoms with Crippen LogP contribution in [0.25, 0.3) is 0 Å². The first-order valence-electron chi connectivity index (χ1n) is 6.59. The van der Waals surface area contributed by atoms with Crippen LogP contribution >= 0.6 is 0 Å². The van der Waals surface area contributed by atoms with Crippen LogP contribution in [0.15, 0.2) is 43.0 Å². The fraction of sp³-hybridized carbons (Fsp3) is 0.333. The van der Waals surface area contributed by atoms with E-state index >= 15 is 0 Å². The van der Waals surface area contributed by atoms with E-state index in [1.54, 1.807) is 0 Å². The molecule has 6 heteroatoms. The molecule has 0 heterocycles. The van der Waals surface area contributed by atoms with Gasteiger partial charge in [-0.3, -0.25) is 9.69 Å². The monoisotopic (exact) mass is 292 g/mol. The zero-order chi connectivity index (χ0) is 15.5. The number of amides is 1. The standard InChI is InChI=1S/C15H20N2O4/c1-2-10-20-14(18)11-17(9-8-16)15(19)21-12-13-6-4-3-5-7-13/h2-7H,1,8-12,16H2. The Morgan fingerprint density at radius 2 is 1.95 bits per heavy atom. The van der Waals surface area contributed by atoms with Crippen LogP contribution in [0.3, 0.4) is 0 Å². The van der Waals surface area contributed by atoms with Gasteiger partial charge in [-0.2, -0.15) is 0 Å². The highest BCUT2D eigenvalue weighted by Crippen LogP contribution is 2.03. The maximum Gasteiger partial charge on any atom is 0.410 e. The number of benzene rings is 1. The van der Waals surface area contributed by atoms with E-state index in [9.17, 15) is 9.59 Å². The first-order valence-corrected chi connectivity index (χ1v) is 6.59. The Hall–Kier alpha value is -2.34. The van der Waals surface area contributed by atoms with Gasteiger partial charge in [0.1, 0.15) is 19.8 Å². The van der Waals surface area contributed by atoms with Gasteiger partial charge in [0.05, 0.1) is 0 Å². The first-order chi connectivity index (χ1) is 10.2. The van der Waals surface area contributed by atoms with E-state index in [1.165, 1.54) is 11.0 Å². The molecule has 0 radical (unpaired) electrons. The number of nitrogens with zero attached hydrogens (tertiary/aromatic N) is 1. The second-order valence-corrected chi connectivity index (χ2v) is 4.22. The van der Waals surface area contributed by atoms with Crippen molar-refractivity contribution in [3.8, 4) is 0 Å². The van der Waals surface area contributed by atoms with Gasteiger partial charge in [-0.25, -0.2) is 4.79 Å². The molecule has 21 heavy (non-hydrogen) atoms. The van der Waals surface area contributed by atoms with Gasteiger partial charge in [0, 0.05) is 13.1 Å². The molecule has 0 spiro atoms. The van der Waals surface area contributed by atoms with Crippen LogP contribution in [-0.2, 0) is 20.9 Å². The van der Waals surface area contributed by atoms with Gasteiger partial charge in [-0.15, -0.1) is 0 Å². The van der Waals surface area contributed by atoms with Gasteiger partial charge < -0.3 is 15.2 Å². The highest BCUT2D eigenvalue weighted by molar-refractivity contribution is 5.78. The van der Waals surface area contributed by atoms with Crippen LogP contribution in [0, 0.1) is 0 Å². The SMILES string of the molecule is C=CCOC(=O)CN(CCN)C(=O)OCc1ccccc1. The Bertz CT molecular complexity index is 462. The molecule has 0 aliphatic heterocycles. The van der Waals surface area contributed by atoms with Gasteiger partial charge in [0.15, 0.2) is 0 Å². The molecule has 0 aliphatic carbocycles. The van der Waals surface area contributed by atoms with Crippen LogP contribution in [0.5, 0.6) is 0 Å². The number of ether oxygens (including phenoxy) is 2. The van der Waals surface area contributed by atoms with Crippen molar-refractivity contribution in [1.82, 2.24) is 4.90 Å². The molecule has 0 saturated heterocycles. The number of rotatable bonds is 8. The molecule has 0 bridgehead atoms. The maximum absolute atomic E-state index is 11.9. The molecule has 1 aromatic rings. The van der Waals surface area contributed by atoms with E-state index < -0.39 is 12.1 Å². The zero-order valence-electron chi connectivity index (χ0n) is 11.9. The van der Waals surface area contributed by atoms with Gasteiger partial charge in [0.2, 0.25) is 0 Å². The second kappa shape index (κ2) is 9.55. The number of esters is 1. The number of hydrogen-bond acceptors (Lipinski definition) is 5. The fourth-order valence-electron chi connectivity index (χ4n) is 1.55. The predicted octanol–water partition coefficient (Wildman–Crippen LogP) is 1.31. The van der Waals surface area contributed by atoms with E-state index in [-0.39, 0.29) is 32.8 Å². The van der Waals surface area contributed by atoms with Crippen molar-refractivity contribution < 1.29 is 19.1 Å². The fourth-order valence-corrected chi connectivity index (χ4v) is 1.55. The molecule has 1 rings (SSSR count). The molecule has 1 amide bonds. The molecule has 0 aromatic heterocycles. The van der Waals surface area contributed by atoms with E-state index in [0.717, 1.165) is 5.56 Å². The van der Waals surface area contributed by atoms with E-state index in [1.807, 2.05) is 30.3 Å². The highest BCUT2D eigenvalue weighted by Gasteiger charge is 2.18. The van der Waals surface area contributed by atoms with Crippen LogP contribution in [0.4, 0.5) is 4.79 Å². The average molecular weight is 292 g/mol. The van der Waals surface area contributed by atoms with Crippen molar-refractivity contribution in [3.63, 3.8) is 0 Å². The molecule has 114 valence electrons. The van der Waals surface area contributed by atoms with Gasteiger partial charge >= 0.3 is 12.1 Å². The van der Waals surface area contributed by atoms with Crippen molar-refractivity contribution in [2.45, 2.75) is 6.61 Å². The summed E-state index contributed by atoms with van der Waals surface area (Å²) in [7, 11) is 0. The third-order valence-corrected chi connectivity index (χ3v) is 2.54. The van der Waals surface area contributed by atoms with Crippen LogP contribution in [-0.4, -0.2) is 43.2 Å². The van der Waals surface area contributed by atoms with Crippen molar-refractivity contribution in [2.75, 3.05) is 26.2 Å². The molecule has 0 atom stereocenters. The first kappa shape index (κ1) is 16.7. The molecule has 6 nitrogen and oxygen atoms in total. The molecular weight excluding hydrogens is 272 g/mol. The molecule has 0 unspecified atom stereocenters. The van der Waals surface area contributed by atoms with Crippen molar-refractivity contribution >= 4 is 12.1 Å². The summed E-state index contributed by atoms with van der Waals surface area (Å²) in [6, 6.07) is 9.28. The number of hydrogen-bond donors (Lipinski definition) is 1. The molecule has 2 N–H and O–H groups in total. The smallest absolute Gasteiger partial charge is 0.410 e. The second-order valence-electron chi connectivity index (χ2n) is 4.22. The minimum absolute atomic E-state index is 0.106.